The second-order valence-corrected chi connectivity index (χ2v) is 6.45. The van der Waals surface area contributed by atoms with Gasteiger partial charge in [0.1, 0.15) is 5.75 Å². The van der Waals surface area contributed by atoms with Crippen molar-refractivity contribution in [2.75, 3.05) is 20.2 Å². The van der Waals surface area contributed by atoms with Crippen LogP contribution in [0.2, 0.25) is 0 Å². The van der Waals surface area contributed by atoms with Crippen molar-refractivity contribution in [3.05, 3.63) is 29.3 Å². The monoisotopic (exact) mass is 274 g/mol. The van der Waals surface area contributed by atoms with E-state index in [-0.39, 0.29) is 0 Å². The van der Waals surface area contributed by atoms with E-state index < -0.39 is 0 Å². The van der Waals surface area contributed by atoms with E-state index in [2.05, 4.69) is 42.3 Å². The minimum Gasteiger partial charge on any atom is -0.497 e. The van der Waals surface area contributed by atoms with Crippen molar-refractivity contribution in [2.24, 2.45) is 0 Å². The highest BCUT2D eigenvalue weighted by atomic mass is 16.5. The maximum absolute atomic E-state index is 5.37. The fourth-order valence-corrected chi connectivity index (χ4v) is 3.82. The van der Waals surface area contributed by atoms with E-state index in [1.54, 1.807) is 7.11 Å². The normalized spacial score (nSPS) is 30.9. The summed E-state index contributed by atoms with van der Waals surface area (Å²) in [5.41, 5.74) is 3.00. The molecule has 1 aliphatic heterocycles. The highest BCUT2D eigenvalue weighted by Crippen LogP contribution is 2.28. The molecule has 20 heavy (non-hydrogen) atoms. The Morgan fingerprint density at radius 1 is 1.15 bits per heavy atom. The largest absolute Gasteiger partial charge is 0.497 e. The lowest BCUT2D eigenvalue weighted by molar-refractivity contribution is 0.113. The molecule has 0 bridgehead atoms. The fourth-order valence-electron chi connectivity index (χ4n) is 3.82. The predicted molar refractivity (Wildman–Crippen MR) is 82.4 cm³/mol. The third kappa shape index (κ3) is 2.84. The Hall–Kier alpha value is -1.06. The standard InChI is InChI=1S/C17H26N2O/c1-12-10-19(11-13(2)18-12)16-6-4-14-5-7-17(20-3)9-15(14)8-16/h5,7,9,12-13,16,18H,4,6,8,10-11H2,1-3H3. The van der Waals surface area contributed by atoms with E-state index in [0.717, 1.165) is 5.75 Å². The van der Waals surface area contributed by atoms with E-state index in [0.29, 0.717) is 18.1 Å². The molecule has 3 rings (SSSR count). The first-order valence-electron chi connectivity index (χ1n) is 7.81. The van der Waals surface area contributed by atoms with Crippen molar-refractivity contribution >= 4 is 0 Å². The highest BCUT2D eigenvalue weighted by Gasteiger charge is 2.29. The molecule has 1 aromatic carbocycles. The first kappa shape index (κ1) is 13.9. The number of rotatable bonds is 2. The van der Waals surface area contributed by atoms with Gasteiger partial charge in [0.2, 0.25) is 0 Å². The van der Waals surface area contributed by atoms with Gasteiger partial charge in [-0.2, -0.15) is 0 Å². The first-order chi connectivity index (χ1) is 9.65. The molecular weight excluding hydrogens is 248 g/mol. The molecule has 0 amide bonds. The molecule has 0 radical (unpaired) electrons. The summed E-state index contributed by atoms with van der Waals surface area (Å²) in [7, 11) is 1.75. The molecule has 0 spiro atoms. The molecule has 0 aromatic heterocycles. The predicted octanol–water partition coefficient (Wildman–Crippen LogP) is 2.23. The molecule has 1 fully saturated rings. The SMILES string of the molecule is COc1ccc2c(c1)CC(N1CC(C)NC(C)C1)CC2. The molecule has 1 aromatic rings. The van der Waals surface area contributed by atoms with Crippen LogP contribution in [-0.4, -0.2) is 43.2 Å². The van der Waals surface area contributed by atoms with Crippen molar-refractivity contribution in [3.63, 3.8) is 0 Å². The lowest BCUT2D eigenvalue weighted by Crippen LogP contribution is -2.57. The van der Waals surface area contributed by atoms with Gasteiger partial charge >= 0.3 is 0 Å². The number of hydrogen-bond acceptors (Lipinski definition) is 3. The number of ether oxygens (including phenoxy) is 1. The van der Waals surface area contributed by atoms with Crippen molar-refractivity contribution < 1.29 is 4.74 Å². The van der Waals surface area contributed by atoms with Crippen LogP contribution in [0.25, 0.3) is 0 Å². The Balaban J connectivity index is 1.74. The van der Waals surface area contributed by atoms with Gasteiger partial charge in [0.25, 0.3) is 0 Å². The first-order valence-corrected chi connectivity index (χ1v) is 7.81. The zero-order chi connectivity index (χ0) is 14.1. The second-order valence-electron chi connectivity index (χ2n) is 6.45. The van der Waals surface area contributed by atoms with Gasteiger partial charge in [-0.05, 0) is 56.4 Å². The molecule has 1 heterocycles. The zero-order valence-electron chi connectivity index (χ0n) is 12.9. The average molecular weight is 274 g/mol. The lowest BCUT2D eigenvalue weighted by atomic mass is 9.86. The molecular formula is C17H26N2O. The fraction of sp³-hybridized carbons (Fsp3) is 0.647. The summed E-state index contributed by atoms with van der Waals surface area (Å²) in [6.45, 7) is 6.94. The summed E-state index contributed by atoms with van der Waals surface area (Å²) in [6.07, 6.45) is 3.67. The maximum atomic E-state index is 5.37. The summed E-state index contributed by atoms with van der Waals surface area (Å²) in [6, 6.07) is 8.47. The van der Waals surface area contributed by atoms with Crippen LogP contribution < -0.4 is 10.1 Å². The van der Waals surface area contributed by atoms with E-state index in [1.165, 1.54) is 43.5 Å². The molecule has 2 aliphatic rings. The number of nitrogens with one attached hydrogen (secondary N) is 1. The Labute approximate surface area is 122 Å². The molecule has 110 valence electrons. The van der Waals surface area contributed by atoms with E-state index in [1.807, 2.05) is 0 Å². The minimum absolute atomic E-state index is 0.602. The summed E-state index contributed by atoms with van der Waals surface area (Å²) in [5, 5.41) is 3.62. The molecule has 0 saturated carbocycles. The van der Waals surface area contributed by atoms with Crippen molar-refractivity contribution in [2.45, 2.75) is 51.2 Å². The molecule has 3 atom stereocenters. The van der Waals surface area contributed by atoms with Crippen LogP contribution in [0.5, 0.6) is 5.75 Å². The topological polar surface area (TPSA) is 24.5 Å². The van der Waals surface area contributed by atoms with Crippen LogP contribution >= 0.6 is 0 Å². The number of methoxy groups -OCH3 is 1. The lowest BCUT2D eigenvalue weighted by Gasteiger charge is -2.42. The number of nitrogens with zero attached hydrogens (tertiary/aromatic N) is 1. The van der Waals surface area contributed by atoms with Gasteiger partial charge in [-0.1, -0.05) is 6.07 Å². The van der Waals surface area contributed by atoms with Gasteiger partial charge in [0.15, 0.2) is 0 Å². The molecule has 3 unspecified atom stereocenters. The molecule has 3 heteroatoms. The zero-order valence-corrected chi connectivity index (χ0v) is 12.9. The number of aryl methyl sites for hydroxylation is 1. The van der Waals surface area contributed by atoms with Crippen LogP contribution in [0.3, 0.4) is 0 Å². The molecule has 3 nitrogen and oxygen atoms in total. The van der Waals surface area contributed by atoms with Gasteiger partial charge < -0.3 is 10.1 Å². The highest BCUT2D eigenvalue weighted by molar-refractivity contribution is 5.38. The summed E-state index contributed by atoms with van der Waals surface area (Å²) in [4.78, 5) is 2.69. The summed E-state index contributed by atoms with van der Waals surface area (Å²) in [5.74, 6) is 0.992. The number of fused-ring (bicyclic) bond motifs is 1. The molecule has 1 saturated heterocycles. The Morgan fingerprint density at radius 2 is 1.90 bits per heavy atom. The third-order valence-corrected chi connectivity index (χ3v) is 4.72. The van der Waals surface area contributed by atoms with Gasteiger partial charge in [-0.25, -0.2) is 0 Å². The Kier molecular flexibility index (Phi) is 3.99. The third-order valence-electron chi connectivity index (χ3n) is 4.72. The number of piperazine rings is 1. The van der Waals surface area contributed by atoms with Crippen LogP contribution in [0.4, 0.5) is 0 Å². The van der Waals surface area contributed by atoms with Crippen molar-refractivity contribution in [1.82, 2.24) is 10.2 Å². The van der Waals surface area contributed by atoms with Gasteiger partial charge in [0, 0.05) is 31.2 Å². The second kappa shape index (κ2) is 5.74. The number of benzene rings is 1. The smallest absolute Gasteiger partial charge is 0.119 e. The Bertz CT molecular complexity index is 464. The Morgan fingerprint density at radius 3 is 2.60 bits per heavy atom. The number of hydrogen-bond donors (Lipinski definition) is 1. The van der Waals surface area contributed by atoms with Crippen molar-refractivity contribution in [1.29, 1.82) is 0 Å². The molecule has 1 N–H and O–H groups in total. The van der Waals surface area contributed by atoms with Gasteiger partial charge in [-0.3, -0.25) is 4.90 Å². The van der Waals surface area contributed by atoms with Crippen molar-refractivity contribution in [3.8, 4) is 5.75 Å². The minimum atomic E-state index is 0.602. The van der Waals surface area contributed by atoms with Crippen LogP contribution in [-0.2, 0) is 12.8 Å². The van der Waals surface area contributed by atoms with Crippen LogP contribution in [0.15, 0.2) is 18.2 Å². The van der Waals surface area contributed by atoms with Crippen LogP contribution in [0, 0.1) is 0 Å². The summed E-state index contributed by atoms with van der Waals surface area (Å²) < 4.78 is 5.37. The van der Waals surface area contributed by atoms with Gasteiger partial charge in [-0.15, -0.1) is 0 Å². The van der Waals surface area contributed by atoms with E-state index >= 15 is 0 Å². The molecule has 1 aliphatic carbocycles. The summed E-state index contributed by atoms with van der Waals surface area (Å²) >= 11 is 0. The van der Waals surface area contributed by atoms with E-state index in [4.69, 9.17) is 4.74 Å². The van der Waals surface area contributed by atoms with Crippen LogP contribution in [0.1, 0.15) is 31.4 Å². The van der Waals surface area contributed by atoms with E-state index in [9.17, 15) is 0 Å². The maximum Gasteiger partial charge on any atom is 0.119 e. The quantitative estimate of drug-likeness (QED) is 0.895. The average Bonchev–Trinajstić information content (AvgIpc) is 2.45. The van der Waals surface area contributed by atoms with Gasteiger partial charge in [0.05, 0.1) is 7.11 Å².